The number of aryl methyl sites for hydroxylation is 1. The zero-order chi connectivity index (χ0) is 19.8. The van der Waals surface area contributed by atoms with Gasteiger partial charge in [-0.1, -0.05) is 18.2 Å². The zero-order valence-electron chi connectivity index (χ0n) is 15.6. The van der Waals surface area contributed by atoms with Crippen molar-refractivity contribution >= 4 is 33.7 Å². The van der Waals surface area contributed by atoms with Crippen LogP contribution in [-0.4, -0.2) is 30.6 Å². The fourth-order valence-corrected chi connectivity index (χ4v) is 3.22. The summed E-state index contributed by atoms with van der Waals surface area (Å²) in [4.78, 5) is 25.7. The lowest BCUT2D eigenvalue weighted by atomic mass is 10.1. The first-order valence-corrected chi connectivity index (χ1v) is 9.08. The quantitative estimate of drug-likeness (QED) is 0.514. The molecule has 7 heteroatoms. The molecular formula is C22H16N6O. The van der Waals surface area contributed by atoms with E-state index in [4.69, 9.17) is 0 Å². The highest BCUT2D eigenvalue weighted by Gasteiger charge is 2.10. The number of aromatic nitrogens is 5. The highest BCUT2D eigenvalue weighted by Crippen LogP contribution is 2.23. The smallest absolute Gasteiger partial charge is 0.258 e. The van der Waals surface area contributed by atoms with Crippen molar-refractivity contribution in [3.05, 3.63) is 78.9 Å². The Morgan fingerprint density at radius 1 is 0.931 bits per heavy atom. The van der Waals surface area contributed by atoms with E-state index in [2.05, 4.69) is 25.4 Å². The Morgan fingerprint density at radius 3 is 2.72 bits per heavy atom. The van der Waals surface area contributed by atoms with Crippen molar-refractivity contribution in [2.24, 2.45) is 7.05 Å². The molecule has 0 bridgehead atoms. The molecule has 3 heterocycles. The first-order chi connectivity index (χ1) is 14.2. The second-order valence-electron chi connectivity index (χ2n) is 6.73. The minimum Gasteiger partial charge on any atom is -0.290 e. The number of fused-ring (bicyclic) bond motifs is 2. The molecule has 5 aromatic rings. The maximum atomic E-state index is 12.7. The third-order valence-electron chi connectivity index (χ3n) is 4.71. The van der Waals surface area contributed by atoms with Crippen molar-refractivity contribution in [2.75, 3.05) is 5.32 Å². The summed E-state index contributed by atoms with van der Waals surface area (Å²) in [5.74, 6) is -0.00404. The molecule has 3 aromatic heterocycles. The average Bonchev–Trinajstić information content (AvgIpc) is 3.19. The van der Waals surface area contributed by atoms with Crippen molar-refractivity contribution in [1.82, 2.24) is 24.7 Å². The van der Waals surface area contributed by atoms with Crippen LogP contribution in [0.1, 0.15) is 10.4 Å². The molecular weight excluding hydrogens is 364 g/mol. The van der Waals surface area contributed by atoms with Crippen molar-refractivity contribution in [1.29, 1.82) is 0 Å². The SMILES string of the molecule is Cn1cc(-c2ccc3cnc(NC(=O)c4ccc5ncccc5c4)nc3c2)cn1. The maximum absolute atomic E-state index is 12.7. The van der Waals surface area contributed by atoms with E-state index in [1.807, 2.05) is 49.6 Å². The predicted octanol–water partition coefficient (Wildman–Crippen LogP) is 3.83. The Bertz CT molecular complexity index is 1370. The van der Waals surface area contributed by atoms with E-state index in [0.29, 0.717) is 5.56 Å². The van der Waals surface area contributed by atoms with E-state index in [0.717, 1.165) is 32.9 Å². The molecule has 7 nitrogen and oxygen atoms in total. The standard InChI is InChI=1S/C22H16N6O/c1-28-13-18(12-25-28)14-4-5-17-11-24-22(26-20(17)10-14)27-21(29)16-6-7-19-15(9-16)3-2-8-23-19/h2-13H,1H3,(H,24,26,27,29). The average molecular weight is 380 g/mol. The number of amides is 1. The molecule has 0 aliphatic carbocycles. The second kappa shape index (κ2) is 6.79. The normalized spacial score (nSPS) is 11.1. The van der Waals surface area contributed by atoms with Gasteiger partial charge in [-0.3, -0.25) is 19.8 Å². The number of nitrogens with one attached hydrogen (secondary N) is 1. The van der Waals surface area contributed by atoms with Crippen LogP contribution in [0.2, 0.25) is 0 Å². The molecule has 140 valence electrons. The monoisotopic (exact) mass is 380 g/mol. The number of rotatable bonds is 3. The van der Waals surface area contributed by atoms with Gasteiger partial charge in [-0.2, -0.15) is 5.10 Å². The molecule has 29 heavy (non-hydrogen) atoms. The third-order valence-corrected chi connectivity index (χ3v) is 4.71. The fraction of sp³-hybridized carbons (Fsp3) is 0.0455. The van der Waals surface area contributed by atoms with Crippen molar-refractivity contribution in [2.45, 2.75) is 0 Å². The topological polar surface area (TPSA) is 85.6 Å². The van der Waals surface area contributed by atoms with Crippen LogP contribution in [-0.2, 0) is 7.05 Å². The summed E-state index contributed by atoms with van der Waals surface area (Å²) in [6.07, 6.45) is 7.18. The van der Waals surface area contributed by atoms with Crippen molar-refractivity contribution in [3.8, 4) is 11.1 Å². The number of carbonyl (C=O) groups is 1. The van der Waals surface area contributed by atoms with Crippen molar-refractivity contribution < 1.29 is 4.79 Å². The Balaban J connectivity index is 1.45. The van der Waals surface area contributed by atoms with Crippen LogP contribution >= 0.6 is 0 Å². The van der Waals surface area contributed by atoms with Gasteiger partial charge in [0, 0.05) is 47.5 Å². The number of hydrogen-bond donors (Lipinski definition) is 1. The van der Waals surface area contributed by atoms with Gasteiger partial charge in [0.05, 0.1) is 17.2 Å². The highest BCUT2D eigenvalue weighted by molar-refractivity contribution is 6.05. The highest BCUT2D eigenvalue weighted by atomic mass is 16.1. The van der Waals surface area contributed by atoms with Crippen LogP contribution in [0.4, 0.5) is 5.95 Å². The molecule has 0 aliphatic rings. The Labute approximate surface area is 166 Å². The molecule has 0 radical (unpaired) electrons. The fourth-order valence-electron chi connectivity index (χ4n) is 3.22. The van der Waals surface area contributed by atoms with Gasteiger partial charge in [0.15, 0.2) is 0 Å². The van der Waals surface area contributed by atoms with E-state index < -0.39 is 0 Å². The summed E-state index contributed by atoms with van der Waals surface area (Å²) < 4.78 is 1.75. The van der Waals surface area contributed by atoms with Crippen LogP contribution in [0, 0.1) is 0 Å². The van der Waals surface area contributed by atoms with Gasteiger partial charge in [-0.05, 0) is 35.9 Å². The number of hydrogen-bond acceptors (Lipinski definition) is 5. The predicted molar refractivity (Wildman–Crippen MR) is 111 cm³/mol. The van der Waals surface area contributed by atoms with Crippen LogP contribution in [0.25, 0.3) is 32.9 Å². The second-order valence-corrected chi connectivity index (χ2v) is 6.73. The largest absolute Gasteiger partial charge is 0.290 e. The first kappa shape index (κ1) is 17.0. The number of anilines is 1. The lowest BCUT2D eigenvalue weighted by Crippen LogP contribution is -2.14. The summed E-state index contributed by atoms with van der Waals surface area (Å²) in [6.45, 7) is 0. The molecule has 0 unspecified atom stereocenters. The van der Waals surface area contributed by atoms with E-state index in [9.17, 15) is 4.79 Å². The number of nitrogens with zero attached hydrogens (tertiary/aromatic N) is 5. The molecule has 1 N–H and O–H groups in total. The van der Waals surface area contributed by atoms with Crippen LogP contribution in [0.15, 0.2) is 73.3 Å². The van der Waals surface area contributed by atoms with Gasteiger partial charge in [0.25, 0.3) is 5.91 Å². The molecule has 0 aliphatic heterocycles. The molecule has 0 atom stereocenters. The van der Waals surface area contributed by atoms with Crippen LogP contribution in [0.5, 0.6) is 0 Å². The number of benzene rings is 2. The summed E-state index contributed by atoms with van der Waals surface area (Å²) in [5.41, 5.74) is 4.12. The lowest BCUT2D eigenvalue weighted by Gasteiger charge is -2.07. The Kier molecular flexibility index (Phi) is 3.98. The molecule has 1 amide bonds. The zero-order valence-corrected chi connectivity index (χ0v) is 15.6. The molecule has 0 spiro atoms. The van der Waals surface area contributed by atoms with E-state index in [-0.39, 0.29) is 11.9 Å². The summed E-state index contributed by atoms with van der Waals surface area (Å²) >= 11 is 0. The molecule has 2 aromatic carbocycles. The number of carbonyl (C=O) groups excluding carboxylic acids is 1. The van der Waals surface area contributed by atoms with Gasteiger partial charge in [-0.25, -0.2) is 9.97 Å². The Hall–Kier alpha value is -4.13. The third kappa shape index (κ3) is 3.29. The van der Waals surface area contributed by atoms with Gasteiger partial charge in [0.1, 0.15) is 0 Å². The van der Waals surface area contributed by atoms with Gasteiger partial charge in [0.2, 0.25) is 5.95 Å². The summed E-state index contributed by atoms with van der Waals surface area (Å²) in [5, 5.41) is 8.79. The molecule has 5 rings (SSSR count). The summed E-state index contributed by atoms with van der Waals surface area (Å²) in [7, 11) is 1.88. The van der Waals surface area contributed by atoms with Crippen molar-refractivity contribution in [3.63, 3.8) is 0 Å². The minimum atomic E-state index is -0.265. The Morgan fingerprint density at radius 2 is 1.86 bits per heavy atom. The molecule has 0 saturated heterocycles. The first-order valence-electron chi connectivity index (χ1n) is 9.08. The van der Waals surface area contributed by atoms with E-state index in [1.165, 1.54) is 0 Å². The van der Waals surface area contributed by atoms with Gasteiger partial charge < -0.3 is 0 Å². The number of pyridine rings is 1. The molecule has 0 fully saturated rings. The maximum Gasteiger partial charge on any atom is 0.258 e. The van der Waals surface area contributed by atoms with Gasteiger partial charge >= 0.3 is 0 Å². The summed E-state index contributed by atoms with van der Waals surface area (Å²) in [6, 6.07) is 15.1. The van der Waals surface area contributed by atoms with Crippen LogP contribution < -0.4 is 5.32 Å². The van der Waals surface area contributed by atoms with E-state index in [1.54, 1.807) is 35.4 Å². The van der Waals surface area contributed by atoms with Crippen LogP contribution in [0.3, 0.4) is 0 Å². The van der Waals surface area contributed by atoms with Gasteiger partial charge in [-0.15, -0.1) is 0 Å². The minimum absolute atomic E-state index is 0.261. The van der Waals surface area contributed by atoms with E-state index >= 15 is 0 Å². The lowest BCUT2D eigenvalue weighted by molar-refractivity contribution is 0.102. The molecule has 0 saturated carbocycles.